The highest BCUT2D eigenvalue weighted by Gasteiger charge is 2.05. The summed E-state index contributed by atoms with van der Waals surface area (Å²) in [5.74, 6) is -0.0256. The summed E-state index contributed by atoms with van der Waals surface area (Å²) in [6, 6.07) is 0. The third-order valence-electron chi connectivity index (χ3n) is 1.26. The third-order valence-corrected chi connectivity index (χ3v) is 1.26. The molecule has 0 unspecified atom stereocenters. The molecular weight excluding hydrogens is 128 g/mol. The van der Waals surface area contributed by atoms with Crippen molar-refractivity contribution in [1.82, 2.24) is 4.90 Å². The molecule has 0 saturated heterocycles. The zero-order valence-electron chi connectivity index (χ0n) is 6.34. The van der Waals surface area contributed by atoms with E-state index in [0.29, 0.717) is 13.1 Å². The van der Waals surface area contributed by atoms with Gasteiger partial charge >= 0.3 is 0 Å². The fraction of sp³-hybridized carbons (Fsp3) is 0.571. The maximum Gasteiger partial charge on any atom is 0.236 e. The molecule has 0 aliphatic rings. The minimum Gasteiger partial charge on any atom is -0.338 e. The van der Waals surface area contributed by atoms with E-state index in [-0.39, 0.29) is 12.5 Å². The lowest BCUT2D eigenvalue weighted by atomic mass is 10.4. The molecule has 58 valence electrons. The second kappa shape index (κ2) is 4.99. The second-order valence-corrected chi connectivity index (χ2v) is 1.93. The van der Waals surface area contributed by atoms with Crippen molar-refractivity contribution < 1.29 is 4.79 Å². The molecule has 0 aliphatic carbocycles. The molecule has 0 aromatic rings. The van der Waals surface area contributed by atoms with Crippen molar-refractivity contribution >= 4 is 5.91 Å². The third kappa shape index (κ3) is 2.64. The normalized spacial score (nSPS) is 9.00. The Labute approximate surface area is 61.5 Å². The van der Waals surface area contributed by atoms with E-state index < -0.39 is 0 Å². The molecule has 0 bridgehead atoms. The van der Waals surface area contributed by atoms with Crippen LogP contribution in [0.15, 0.2) is 12.7 Å². The summed E-state index contributed by atoms with van der Waals surface area (Å²) in [6.45, 7) is 6.82. The molecule has 2 N–H and O–H groups in total. The van der Waals surface area contributed by atoms with Crippen LogP contribution in [-0.2, 0) is 4.79 Å². The van der Waals surface area contributed by atoms with Crippen LogP contribution in [0, 0.1) is 0 Å². The number of carbonyl (C=O) groups excluding carboxylic acids is 1. The zero-order valence-corrected chi connectivity index (χ0v) is 6.34. The van der Waals surface area contributed by atoms with Crippen molar-refractivity contribution in [3.8, 4) is 0 Å². The standard InChI is InChI=1S/C7H14N2O/c1-3-5-9(4-2)7(10)6-8/h3H,1,4-6,8H2,2H3. The van der Waals surface area contributed by atoms with Crippen LogP contribution in [0.4, 0.5) is 0 Å². The molecule has 0 aromatic carbocycles. The number of nitrogens with zero attached hydrogens (tertiary/aromatic N) is 1. The monoisotopic (exact) mass is 142 g/mol. The van der Waals surface area contributed by atoms with E-state index in [1.165, 1.54) is 0 Å². The molecular formula is C7H14N2O. The van der Waals surface area contributed by atoms with Crippen LogP contribution in [0.2, 0.25) is 0 Å². The largest absolute Gasteiger partial charge is 0.338 e. The minimum absolute atomic E-state index is 0.0256. The molecule has 0 fully saturated rings. The zero-order chi connectivity index (χ0) is 7.98. The van der Waals surface area contributed by atoms with E-state index in [1.54, 1.807) is 11.0 Å². The summed E-state index contributed by atoms with van der Waals surface area (Å²) >= 11 is 0. The predicted octanol–water partition coefficient (Wildman–Crippen LogP) is -0.0204. The Kier molecular flexibility index (Phi) is 4.58. The van der Waals surface area contributed by atoms with Crippen molar-refractivity contribution in [3.05, 3.63) is 12.7 Å². The highest BCUT2D eigenvalue weighted by atomic mass is 16.2. The smallest absolute Gasteiger partial charge is 0.236 e. The first-order valence-electron chi connectivity index (χ1n) is 3.35. The first kappa shape index (κ1) is 9.17. The van der Waals surface area contributed by atoms with Crippen LogP contribution < -0.4 is 5.73 Å². The number of carbonyl (C=O) groups is 1. The number of likely N-dealkylation sites (N-methyl/N-ethyl adjacent to an activating group) is 1. The van der Waals surface area contributed by atoms with E-state index in [9.17, 15) is 4.79 Å². The quantitative estimate of drug-likeness (QED) is 0.561. The summed E-state index contributed by atoms with van der Waals surface area (Å²) in [7, 11) is 0. The van der Waals surface area contributed by atoms with Crippen molar-refractivity contribution in [1.29, 1.82) is 0 Å². The first-order valence-corrected chi connectivity index (χ1v) is 3.35. The van der Waals surface area contributed by atoms with Gasteiger partial charge in [-0.25, -0.2) is 0 Å². The fourth-order valence-electron chi connectivity index (χ4n) is 0.692. The first-order chi connectivity index (χ1) is 4.76. The maximum absolute atomic E-state index is 10.9. The van der Waals surface area contributed by atoms with E-state index in [1.807, 2.05) is 6.92 Å². The number of hydrogen-bond donors (Lipinski definition) is 1. The summed E-state index contributed by atoms with van der Waals surface area (Å²) in [6.07, 6.45) is 1.69. The van der Waals surface area contributed by atoms with Crippen LogP contribution >= 0.6 is 0 Å². The Morgan fingerprint density at radius 2 is 2.40 bits per heavy atom. The Morgan fingerprint density at radius 1 is 1.80 bits per heavy atom. The van der Waals surface area contributed by atoms with Gasteiger partial charge in [-0.2, -0.15) is 0 Å². The molecule has 10 heavy (non-hydrogen) atoms. The number of hydrogen-bond acceptors (Lipinski definition) is 2. The Hall–Kier alpha value is -0.830. The van der Waals surface area contributed by atoms with Gasteiger partial charge in [-0.05, 0) is 6.92 Å². The Balaban J connectivity index is 3.79. The van der Waals surface area contributed by atoms with Gasteiger partial charge in [-0.15, -0.1) is 6.58 Å². The molecule has 0 spiro atoms. The van der Waals surface area contributed by atoms with Crippen LogP contribution in [0.25, 0.3) is 0 Å². The molecule has 0 aliphatic heterocycles. The Bertz CT molecular complexity index is 123. The molecule has 3 nitrogen and oxygen atoms in total. The van der Waals surface area contributed by atoms with E-state index >= 15 is 0 Å². The number of rotatable bonds is 4. The van der Waals surface area contributed by atoms with Gasteiger partial charge in [0, 0.05) is 13.1 Å². The van der Waals surface area contributed by atoms with Crippen molar-refractivity contribution in [3.63, 3.8) is 0 Å². The van der Waals surface area contributed by atoms with Crippen LogP contribution in [0.5, 0.6) is 0 Å². The van der Waals surface area contributed by atoms with E-state index in [4.69, 9.17) is 5.73 Å². The number of amides is 1. The SMILES string of the molecule is C=CCN(CC)C(=O)CN. The fourth-order valence-corrected chi connectivity index (χ4v) is 0.692. The van der Waals surface area contributed by atoms with Gasteiger partial charge in [-0.1, -0.05) is 6.08 Å². The molecule has 3 heteroatoms. The summed E-state index contributed by atoms with van der Waals surface area (Å²) in [4.78, 5) is 12.5. The van der Waals surface area contributed by atoms with Gasteiger partial charge in [0.1, 0.15) is 0 Å². The molecule has 0 aromatic heterocycles. The topological polar surface area (TPSA) is 46.3 Å². The summed E-state index contributed by atoms with van der Waals surface area (Å²) in [5.41, 5.74) is 5.15. The minimum atomic E-state index is -0.0256. The average molecular weight is 142 g/mol. The van der Waals surface area contributed by atoms with E-state index in [2.05, 4.69) is 6.58 Å². The lowest BCUT2D eigenvalue weighted by Crippen LogP contribution is -2.35. The second-order valence-electron chi connectivity index (χ2n) is 1.93. The summed E-state index contributed by atoms with van der Waals surface area (Å²) < 4.78 is 0. The summed E-state index contributed by atoms with van der Waals surface area (Å²) in [5, 5.41) is 0. The van der Waals surface area contributed by atoms with Gasteiger partial charge in [0.2, 0.25) is 5.91 Å². The lowest BCUT2D eigenvalue weighted by Gasteiger charge is -2.17. The molecule has 0 radical (unpaired) electrons. The van der Waals surface area contributed by atoms with Gasteiger partial charge in [-0.3, -0.25) is 4.79 Å². The van der Waals surface area contributed by atoms with Crippen LogP contribution in [0.1, 0.15) is 6.92 Å². The maximum atomic E-state index is 10.9. The molecule has 0 heterocycles. The highest BCUT2D eigenvalue weighted by Crippen LogP contribution is 1.86. The Morgan fingerprint density at radius 3 is 2.70 bits per heavy atom. The van der Waals surface area contributed by atoms with Gasteiger partial charge in [0.25, 0.3) is 0 Å². The lowest BCUT2D eigenvalue weighted by molar-refractivity contribution is -0.128. The van der Waals surface area contributed by atoms with Crippen molar-refractivity contribution in [2.45, 2.75) is 6.92 Å². The van der Waals surface area contributed by atoms with Crippen LogP contribution in [-0.4, -0.2) is 30.4 Å². The molecule has 0 saturated carbocycles. The van der Waals surface area contributed by atoms with Crippen molar-refractivity contribution in [2.75, 3.05) is 19.6 Å². The van der Waals surface area contributed by atoms with Gasteiger partial charge in [0.15, 0.2) is 0 Å². The average Bonchev–Trinajstić information content (AvgIpc) is 1.99. The van der Waals surface area contributed by atoms with Crippen LogP contribution in [0.3, 0.4) is 0 Å². The van der Waals surface area contributed by atoms with Crippen molar-refractivity contribution in [2.24, 2.45) is 5.73 Å². The molecule has 0 atom stereocenters. The number of nitrogens with two attached hydrogens (primary N) is 1. The van der Waals surface area contributed by atoms with Gasteiger partial charge in [0.05, 0.1) is 6.54 Å². The highest BCUT2D eigenvalue weighted by molar-refractivity contribution is 5.78. The van der Waals surface area contributed by atoms with E-state index in [0.717, 1.165) is 0 Å². The molecule has 1 amide bonds. The van der Waals surface area contributed by atoms with Gasteiger partial charge < -0.3 is 10.6 Å². The molecule has 0 rings (SSSR count). The predicted molar refractivity (Wildman–Crippen MR) is 41.5 cm³/mol.